The van der Waals surface area contributed by atoms with Crippen LogP contribution in [0.25, 0.3) is 0 Å². The van der Waals surface area contributed by atoms with Crippen LogP contribution in [0.1, 0.15) is 22.3 Å². The number of carboxylic acids is 1. The number of amides is 1. The number of rotatable bonds is 5. The summed E-state index contributed by atoms with van der Waals surface area (Å²) in [6, 6.07) is 4.83. The topological polar surface area (TPSA) is 84.9 Å². The first-order valence-electron chi connectivity index (χ1n) is 6.37. The molecular formula is C14H17NO5. The third kappa shape index (κ3) is 3.27. The van der Waals surface area contributed by atoms with Crippen molar-refractivity contribution >= 4 is 11.9 Å². The summed E-state index contributed by atoms with van der Waals surface area (Å²) in [6.07, 6.45) is 0.731. The summed E-state index contributed by atoms with van der Waals surface area (Å²) in [6.45, 7) is 1.36. The minimum atomic E-state index is -1.06. The molecule has 0 aromatic heterocycles. The lowest BCUT2D eigenvalue weighted by atomic mass is 10.1. The van der Waals surface area contributed by atoms with Crippen molar-refractivity contribution in [1.82, 2.24) is 5.32 Å². The van der Waals surface area contributed by atoms with Gasteiger partial charge in [0.05, 0.1) is 19.6 Å². The first kappa shape index (κ1) is 14.3. The van der Waals surface area contributed by atoms with Crippen LogP contribution in [0.4, 0.5) is 0 Å². The van der Waals surface area contributed by atoms with Crippen molar-refractivity contribution in [3.63, 3.8) is 0 Å². The second-order valence-corrected chi connectivity index (χ2v) is 4.62. The van der Waals surface area contributed by atoms with E-state index in [9.17, 15) is 9.59 Å². The number of aromatic carboxylic acids is 1. The summed E-state index contributed by atoms with van der Waals surface area (Å²) >= 11 is 0. The van der Waals surface area contributed by atoms with Crippen LogP contribution in [-0.4, -0.2) is 37.3 Å². The first-order chi connectivity index (χ1) is 9.61. The van der Waals surface area contributed by atoms with Gasteiger partial charge >= 0.3 is 5.97 Å². The van der Waals surface area contributed by atoms with Gasteiger partial charge < -0.3 is 19.9 Å². The number of carboxylic acid groups (broad SMARTS) is 1. The SMILES string of the molecule is COc1ccc(CNC(=O)C2CCOC2)cc1C(=O)O. The van der Waals surface area contributed by atoms with Crippen LogP contribution in [0.15, 0.2) is 18.2 Å². The van der Waals surface area contributed by atoms with E-state index in [1.807, 2.05) is 0 Å². The quantitative estimate of drug-likeness (QED) is 0.841. The lowest BCUT2D eigenvalue weighted by Gasteiger charge is -2.11. The van der Waals surface area contributed by atoms with Gasteiger partial charge in [-0.05, 0) is 24.1 Å². The molecule has 0 radical (unpaired) electrons. The molecule has 6 nitrogen and oxygen atoms in total. The molecule has 2 N–H and O–H groups in total. The highest BCUT2D eigenvalue weighted by molar-refractivity contribution is 5.91. The van der Waals surface area contributed by atoms with E-state index in [2.05, 4.69) is 5.32 Å². The standard InChI is InChI=1S/C14H17NO5/c1-19-12-3-2-9(6-11(12)14(17)18)7-15-13(16)10-4-5-20-8-10/h2-3,6,10H,4-5,7-8H2,1H3,(H,15,16)(H,17,18). The van der Waals surface area contributed by atoms with E-state index in [1.165, 1.54) is 13.2 Å². The third-order valence-electron chi connectivity index (χ3n) is 3.26. The molecule has 6 heteroatoms. The second-order valence-electron chi connectivity index (χ2n) is 4.62. The number of methoxy groups -OCH3 is 1. The molecule has 1 saturated heterocycles. The van der Waals surface area contributed by atoms with Crippen LogP contribution in [-0.2, 0) is 16.1 Å². The molecule has 1 atom stereocenters. The van der Waals surface area contributed by atoms with E-state index in [4.69, 9.17) is 14.6 Å². The summed E-state index contributed by atoms with van der Waals surface area (Å²) < 4.78 is 10.1. The summed E-state index contributed by atoms with van der Waals surface area (Å²) in [5.41, 5.74) is 0.805. The van der Waals surface area contributed by atoms with Gasteiger partial charge in [0.15, 0.2) is 0 Å². The van der Waals surface area contributed by atoms with E-state index in [-0.39, 0.29) is 17.4 Å². The molecule has 1 aromatic rings. The fraction of sp³-hybridized carbons (Fsp3) is 0.429. The van der Waals surface area contributed by atoms with Gasteiger partial charge in [0.25, 0.3) is 0 Å². The summed E-state index contributed by atoms with van der Waals surface area (Å²) in [4.78, 5) is 22.9. The van der Waals surface area contributed by atoms with Crippen molar-refractivity contribution in [2.24, 2.45) is 5.92 Å². The normalized spacial score (nSPS) is 17.8. The average Bonchev–Trinajstić information content (AvgIpc) is 2.98. The van der Waals surface area contributed by atoms with E-state index >= 15 is 0 Å². The Labute approximate surface area is 116 Å². The van der Waals surface area contributed by atoms with Gasteiger partial charge in [-0.15, -0.1) is 0 Å². The summed E-state index contributed by atoms with van der Waals surface area (Å²) in [5.74, 6) is -0.918. The third-order valence-corrected chi connectivity index (χ3v) is 3.26. The van der Waals surface area contributed by atoms with Gasteiger partial charge in [-0.1, -0.05) is 6.07 Å². The zero-order chi connectivity index (χ0) is 14.5. The monoisotopic (exact) mass is 279 g/mol. The Bertz CT molecular complexity index is 508. The molecule has 2 rings (SSSR count). The molecule has 0 aliphatic carbocycles. The number of nitrogens with one attached hydrogen (secondary N) is 1. The van der Waals surface area contributed by atoms with Crippen LogP contribution in [0.5, 0.6) is 5.75 Å². The van der Waals surface area contributed by atoms with Crippen LogP contribution in [0.3, 0.4) is 0 Å². The average molecular weight is 279 g/mol. The first-order valence-corrected chi connectivity index (χ1v) is 6.37. The Balaban J connectivity index is 2.00. The second kappa shape index (κ2) is 6.38. The van der Waals surface area contributed by atoms with Crippen LogP contribution in [0.2, 0.25) is 0 Å². The highest BCUT2D eigenvalue weighted by atomic mass is 16.5. The lowest BCUT2D eigenvalue weighted by Crippen LogP contribution is -2.30. The van der Waals surface area contributed by atoms with Crippen LogP contribution >= 0.6 is 0 Å². The molecule has 1 aliphatic heterocycles. The van der Waals surface area contributed by atoms with Gasteiger partial charge in [-0.3, -0.25) is 4.79 Å². The minimum Gasteiger partial charge on any atom is -0.496 e. The van der Waals surface area contributed by atoms with Gasteiger partial charge in [0, 0.05) is 13.2 Å². The smallest absolute Gasteiger partial charge is 0.339 e. The molecule has 108 valence electrons. The van der Waals surface area contributed by atoms with Crippen molar-refractivity contribution < 1.29 is 24.2 Å². The van der Waals surface area contributed by atoms with Gasteiger partial charge in [-0.25, -0.2) is 4.79 Å². The van der Waals surface area contributed by atoms with Crippen molar-refractivity contribution in [3.05, 3.63) is 29.3 Å². The number of benzene rings is 1. The number of hydrogen-bond donors (Lipinski definition) is 2. The number of carbonyl (C=O) groups is 2. The van der Waals surface area contributed by atoms with Crippen molar-refractivity contribution in [1.29, 1.82) is 0 Å². The molecule has 1 aromatic carbocycles. The molecular weight excluding hydrogens is 262 g/mol. The lowest BCUT2D eigenvalue weighted by molar-refractivity contribution is -0.125. The molecule has 1 unspecified atom stereocenters. The number of hydrogen-bond acceptors (Lipinski definition) is 4. The Morgan fingerprint density at radius 1 is 1.50 bits per heavy atom. The van der Waals surface area contributed by atoms with Gasteiger partial charge in [-0.2, -0.15) is 0 Å². The molecule has 0 bridgehead atoms. The van der Waals surface area contributed by atoms with Crippen molar-refractivity contribution in [3.8, 4) is 5.75 Å². The Morgan fingerprint density at radius 3 is 2.90 bits per heavy atom. The highest BCUT2D eigenvalue weighted by Crippen LogP contribution is 2.20. The number of ether oxygens (including phenoxy) is 2. The fourth-order valence-electron chi connectivity index (χ4n) is 2.11. The Hall–Kier alpha value is -2.08. The van der Waals surface area contributed by atoms with Crippen LogP contribution < -0.4 is 10.1 Å². The maximum Gasteiger partial charge on any atom is 0.339 e. The zero-order valence-electron chi connectivity index (χ0n) is 11.2. The van der Waals surface area contributed by atoms with E-state index in [1.54, 1.807) is 12.1 Å². The van der Waals surface area contributed by atoms with E-state index < -0.39 is 5.97 Å². The predicted molar refractivity (Wildman–Crippen MR) is 70.7 cm³/mol. The van der Waals surface area contributed by atoms with Crippen molar-refractivity contribution in [2.75, 3.05) is 20.3 Å². The molecule has 1 fully saturated rings. The highest BCUT2D eigenvalue weighted by Gasteiger charge is 2.23. The molecule has 20 heavy (non-hydrogen) atoms. The Kier molecular flexibility index (Phi) is 4.57. The molecule has 1 amide bonds. The molecule has 1 heterocycles. The zero-order valence-corrected chi connectivity index (χ0v) is 11.2. The van der Waals surface area contributed by atoms with Crippen molar-refractivity contribution in [2.45, 2.75) is 13.0 Å². The predicted octanol–water partition coefficient (Wildman–Crippen LogP) is 1.05. The molecule has 0 spiro atoms. The molecule has 0 saturated carbocycles. The maximum atomic E-state index is 11.8. The molecule has 1 aliphatic rings. The summed E-state index contributed by atoms with van der Waals surface area (Å²) in [7, 11) is 1.42. The largest absolute Gasteiger partial charge is 0.496 e. The maximum absolute atomic E-state index is 11.8. The van der Waals surface area contributed by atoms with Gasteiger partial charge in [0.1, 0.15) is 11.3 Å². The number of carbonyl (C=O) groups excluding carboxylic acids is 1. The van der Waals surface area contributed by atoms with E-state index in [0.717, 1.165) is 12.0 Å². The van der Waals surface area contributed by atoms with E-state index in [0.29, 0.717) is 25.5 Å². The fourth-order valence-corrected chi connectivity index (χ4v) is 2.11. The summed E-state index contributed by atoms with van der Waals surface area (Å²) in [5, 5.41) is 11.9. The Morgan fingerprint density at radius 2 is 2.30 bits per heavy atom. The minimum absolute atomic E-state index is 0.0600. The van der Waals surface area contributed by atoms with Crippen LogP contribution in [0, 0.1) is 5.92 Å². The van der Waals surface area contributed by atoms with Gasteiger partial charge in [0.2, 0.25) is 5.91 Å².